The van der Waals surface area contributed by atoms with Gasteiger partial charge in [-0.1, -0.05) is 65.7 Å². The van der Waals surface area contributed by atoms with Crippen LogP contribution in [0.15, 0.2) is 83.8 Å². The first-order valence-electron chi connectivity index (χ1n) is 10.8. The number of aryl methyl sites for hydroxylation is 1. The van der Waals surface area contributed by atoms with E-state index in [0.717, 1.165) is 16.8 Å². The fourth-order valence-electron chi connectivity index (χ4n) is 3.99. The monoisotopic (exact) mass is 483 g/mol. The molecular weight excluding hydrogens is 458 g/mol. The van der Waals surface area contributed by atoms with Gasteiger partial charge in [-0.3, -0.25) is 9.69 Å². The van der Waals surface area contributed by atoms with Gasteiger partial charge in [0.2, 0.25) is 15.9 Å². The van der Waals surface area contributed by atoms with E-state index in [-0.39, 0.29) is 23.9 Å². The third-order valence-electron chi connectivity index (χ3n) is 5.75. The average molecular weight is 484 g/mol. The molecule has 1 saturated heterocycles. The molecule has 0 unspecified atom stereocenters. The third kappa shape index (κ3) is 5.45. The van der Waals surface area contributed by atoms with E-state index in [1.54, 1.807) is 18.2 Å². The lowest BCUT2D eigenvalue weighted by Gasteiger charge is -2.38. The van der Waals surface area contributed by atoms with Crippen LogP contribution in [0.2, 0.25) is 5.02 Å². The first-order chi connectivity index (χ1) is 15.8. The lowest BCUT2D eigenvalue weighted by atomic mass is 10.0. The van der Waals surface area contributed by atoms with Gasteiger partial charge in [-0.2, -0.15) is 4.31 Å². The number of amides is 1. The van der Waals surface area contributed by atoms with Crippen LogP contribution in [0, 0.1) is 6.92 Å². The molecule has 1 heterocycles. The van der Waals surface area contributed by atoms with Crippen molar-refractivity contribution in [1.82, 2.24) is 9.21 Å². The summed E-state index contributed by atoms with van der Waals surface area (Å²) < 4.78 is 27.6. The molecule has 3 aromatic carbocycles. The Morgan fingerprint density at radius 3 is 2.21 bits per heavy atom. The van der Waals surface area contributed by atoms with E-state index >= 15 is 0 Å². The van der Waals surface area contributed by atoms with Crippen LogP contribution in [0.3, 0.4) is 0 Å². The summed E-state index contributed by atoms with van der Waals surface area (Å²) in [4.78, 5) is 15.5. The largest absolute Gasteiger partial charge is 0.324 e. The number of nitrogens with zero attached hydrogens (tertiary/aromatic N) is 2. The van der Waals surface area contributed by atoms with Gasteiger partial charge < -0.3 is 5.32 Å². The highest BCUT2D eigenvalue weighted by Gasteiger charge is 2.34. The molecule has 1 fully saturated rings. The summed E-state index contributed by atoms with van der Waals surface area (Å²) in [5, 5.41) is 3.39. The maximum absolute atomic E-state index is 13.3. The predicted molar refractivity (Wildman–Crippen MR) is 131 cm³/mol. The fraction of sp³-hybridized carbons (Fsp3) is 0.240. The van der Waals surface area contributed by atoms with Crippen molar-refractivity contribution in [2.75, 3.05) is 31.5 Å². The van der Waals surface area contributed by atoms with Crippen molar-refractivity contribution in [1.29, 1.82) is 0 Å². The number of nitrogens with one attached hydrogen (secondary N) is 1. The molecule has 8 heteroatoms. The van der Waals surface area contributed by atoms with Gasteiger partial charge in [0, 0.05) is 36.9 Å². The van der Waals surface area contributed by atoms with E-state index in [1.165, 1.54) is 10.4 Å². The van der Waals surface area contributed by atoms with Crippen LogP contribution in [0.1, 0.15) is 17.2 Å². The van der Waals surface area contributed by atoms with Crippen molar-refractivity contribution < 1.29 is 13.2 Å². The van der Waals surface area contributed by atoms with E-state index in [9.17, 15) is 13.2 Å². The summed E-state index contributed by atoms with van der Waals surface area (Å²) in [5.74, 6) is -0.142. The Hall–Kier alpha value is -2.71. The molecule has 0 aromatic heterocycles. The van der Waals surface area contributed by atoms with Crippen LogP contribution in [-0.2, 0) is 14.8 Å². The fourth-order valence-corrected chi connectivity index (χ4v) is 5.71. The predicted octanol–water partition coefficient (Wildman–Crippen LogP) is 4.33. The molecule has 172 valence electrons. The number of piperazine rings is 1. The molecule has 1 amide bonds. The van der Waals surface area contributed by atoms with Gasteiger partial charge in [-0.15, -0.1) is 0 Å². The van der Waals surface area contributed by atoms with E-state index < -0.39 is 16.1 Å². The van der Waals surface area contributed by atoms with Gasteiger partial charge in [0.05, 0.1) is 4.90 Å². The zero-order valence-electron chi connectivity index (χ0n) is 18.3. The number of rotatable bonds is 6. The van der Waals surface area contributed by atoms with E-state index in [2.05, 4.69) is 5.32 Å². The van der Waals surface area contributed by atoms with Gasteiger partial charge in [-0.25, -0.2) is 8.42 Å². The Kier molecular flexibility index (Phi) is 7.14. The first-order valence-corrected chi connectivity index (χ1v) is 12.6. The van der Waals surface area contributed by atoms with E-state index in [1.807, 2.05) is 66.4 Å². The smallest absolute Gasteiger partial charge is 0.246 e. The summed E-state index contributed by atoms with van der Waals surface area (Å²) in [7, 11) is -3.65. The molecule has 1 aliphatic heterocycles. The molecule has 0 spiro atoms. The molecule has 1 N–H and O–H groups in total. The lowest BCUT2D eigenvalue weighted by molar-refractivity contribution is -0.122. The highest BCUT2D eigenvalue weighted by atomic mass is 35.5. The average Bonchev–Trinajstić information content (AvgIpc) is 2.82. The number of sulfonamides is 1. The first kappa shape index (κ1) is 23.4. The van der Waals surface area contributed by atoms with Crippen molar-refractivity contribution in [2.45, 2.75) is 17.9 Å². The van der Waals surface area contributed by atoms with Crippen LogP contribution in [0.25, 0.3) is 0 Å². The number of benzene rings is 3. The minimum absolute atomic E-state index is 0.142. The summed E-state index contributed by atoms with van der Waals surface area (Å²) in [6.45, 7) is 3.43. The van der Waals surface area contributed by atoms with Crippen molar-refractivity contribution in [3.8, 4) is 0 Å². The molecule has 3 aromatic rings. The van der Waals surface area contributed by atoms with Crippen LogP contribution in [0.5, 0.6) is 0 Å². The minimum Gasteiger partial charge on any atom is -0.324 e. The summed E-state index contributed by atoms with van der Waals surface area (Å²) in [6.07, 6.45) is 0. The molecular formula is C25H26ClN3O3S. The second-order valence-corrected chi connectivity index (χ2v) is 10.4. The maximum Gasteiger partial charge on any atom is 0.246 e. The molecule has 1 atom stereocenters. The van der Waals surface area contributed by atoms with Crippen molar-refractivity contribution in [2.24, 2.45) is 0 Å². The van der Waals surface area contributed by atoms with Gasteiger partial charge in [0.25, 0.3) is 0 Å². The molecule has 0 radical (unpaired) electrons. The standard InChI is InChI=1S/C25H26ClN3O3S/c1-19-10-12-22(13-11-19)27-25(30)24(20-6-3-2-4-7-20)28-14-16-29(17-15-28)33(31,32)23-9-5-8-21(26)18-23/h2-13,18,24H,14-17H2,1H3,(H,27,30)/t24-/m0/s1. The van der Waals surface area contributed by atoms with Crippen molar-refractivity contribution in [3.05, 3.63) is 95.0 Å². The summed E-state index contributed by atoms with van der Waals surface area (Å²) in [5.41, 5.74) is 2.71. The number of hydrogen-bond donors (Lipinski definition) is 1. The Labute approximate surface area is 199 Å². The summed E-state index contributed by atoms with van der Waals surface area (Å²) in [6, 6.07) is 23.0. The number of carbonyl (C=O) groups excluding carboxylic acids is 1. The topological polar surface area (TPSA) is 69.7 Å². The van der Waals surface area contributed by atoms with Gasteiger partial charge in [0.15, 0.2) is 0 Å². The molecule has 1 aliphatic rings. The lowest BCUT2D eigenvalue weighted by Crippen LogP contribution is -2.51. The highest BCUT2D eigenvalue weighted by molar-refractivity contribution is 7.89. The molecule has 0 bridgehead atoms. The SMILES string of the molecule is Cc1ccc(NC(=O)[C@H](c2ccccc2)N2CCN(S(=O)(=O)c3cccc(Cl)c3)CC2)cc1. The number of carbonyl (C=O) groups is 1. The number of anilines is 1. The third-order valence-corrected chi connectivity index (χ3v) is 7.88. The van der Waals surface area contributed by atoms with Crippen molar-refractivity contribution >= 4 is 33.2 Å². The summed E-state index contributed by atoms with van der Waals surface area (Å²) >= 11 is 6.00. The Bertz CT molecular complexity index is 1210. The number of hydrogen-bond acceptors (Lipinski definition) is 4. The van der Waals surface area contributed by atoms with E-state index in [0.29, 0.717) is 18.1 Å². The molecule has 0 aliphatic carbocycles. The van der Waals surface area contributed by atoms with E-state index in [4.69, 9.17) is 11.6 Å². The van der Waals surface area contributed by atoms with Gasteiger partial charge in [0.1, 0.15) is 6.04 Å². The quantitative estimate of drug-likeness (QED) is 0.566. The van der Waals surface area contributed by atoms with Crippen LogP contribution in [0.4, 0.5) is 5.69 Å². The minimum atomic E-state index is -3.65. The second kappa shape index (κ2) is 10.1. The van der Waals surface area contributed by atoms with Crippen LogP contribution >= 0.6 is 11.6 Å². The molecule has 4 rings (SSSR count). The van der Waals surface area contributed by atoms with Crippen molar-refractivity contribution in [3.63, 3.8) is 0 Å². The van der Waals surface area contributed by atoms with Crippen LogP contribution < -0.4 is 5.32 Å². The zero-order valence-corrected chi connectivity index (χ0v) is 19.9. The Morgan fingerprint density at radius 2 is 1.58 bits per heavy atom. The van der Waals surface area contributed by atoms with Gasteiger partial charge >= 0.3 is 0 Å². The van der Waals surface area contributed by atoms with Gasteiger partial charge in [-0.05, 0) is 42.8 Å². The Balaban J connectivity index is 1.52. The molecule has 33 heavy (non-hydrogen) atoms. The molecule has 6 nitrogen and oxygen atoms in total. The van der Waals surface area contributed by atoms with Crippen LogP contribution in [-0.4, -0.2) is 49.7 Å². The number of halogens is 1. The zero-order chi connectivity index (χ0) is 23.4. The Morgan fingerprint density at radius 1 is 0.909 bits per heavy atom. The second-order valence-electron chi connectivity index (χ2n) is 8.07. The normalized spacial score (nSPS) is 16.3. The maximum atomic E-state index is 13.3. The molecule has 0 saturated carbocycles. The highest BCUT2D eigenvalue weighted by Crippen LogP contribution is 2.27.